The summed E-state index contributed by atoms with van der Waals surface area (Å²) >= 11 is 1.80. The largest absolute Gasteiger partial charge is 0.366 e. The van der Waals surface area contributed by atoms with Crippen molar-refractivity contribution in [2.45, 2.75) is 26.8 Å². The Labute approximate surface area is 153 Å². The van der Waals surface area contributed by atoms with Gasteiger partial charge in [0.25, 0.3) is 0 Å². The van der Waals surface area contributed by atoms with Crippen molar-refractivity contribution in [2.24, 2.45) is 16.6 Å². The maximum absolute atomic E-state index is 11.3. The minimum Gasteiger partial charge on any atom is -0.366 e. The number of aliphatic imine (C=N–C) groups is 1. The molecule has 5 nitrogen and oxygen atoms in total. The fraction of sp³-hybridized carbons (Fsp3) is 0.368. The number of primary amides is 1. The molecule has 134 valence electrons. The molecule has 0 fully saturated rings. The highest BCUT2D eigenvalue weighted by atomic mass is 32.1. The Bertz CT molecular complexity index is 697. The molecule has 0 aliphatic rings. The Hall–Kier alpha value is -2.34. The molecule has 0 saturated carbocycles. The first-order valence-corrected chi connectivity index (χ1v) is 9.39. The SMILES string of the molecule is CCNC(=NCc1cccc(C(N)=O)c1)NCC(C)Cc1cccs1. The highest BCUT2D eigenvalue weighted by molar-refractivity contribution is 7.09. The lowest BCUT2D eigenvalue weighted by molar-refractivity contribution is 0.1000. The number of benzene rings is 1. The van der Waals surface area contributed by atoms with E-state index >= 15 is 0 Å². The standard InChI is InChI=1S/C19H26N4OS/c1-3-21-19(22-12-14(2)10-17-8-5-9-25-17)23-13-15-6-4-7-16(11-15)18(20)24/h4-9,11,14H,3,10,12-13H2,1-2H3,(H2,20,24)(H2,21,22,23). The summed E-state index contributed by atoms with van der Waals surface area (Å²) in [5.74, 6) is 0.879. The van der Waals surface area contributed by atoms with Crippen molar-refractivity contribution < 1.29 is 4.79 Å². The van der Waals surface area contributed by atoms with E-state index in [4.69, 9.17) is 5.73 Å². The van der Waals surface area contributed by atoms with Crippen molar-refractivity contribution in [3.8, 4) is 0 Å². The van der Waals surface area contributed by atoms with Crippen molar-refractivity contribution in [3.05, 3.63) is 57.8 Å². The summed E-state index contributed by atoms with van der Waals surface area (Å²) < 4.78 is 0. The highest BCUT2D eigenvalue weighted by Gasteiger charge is 2.06. The van der Waals surface area contributed by atoms with Gasteiger partial charge in [-0.2, -0.15) is 0 Å². The van der Waals surface area contributed by atoms with Gasteiger partial charge in [0.05, 0.1) is 6.54 Å². The highest BCUT2D eigenvalue weighted by Crippen LogP contribution is 2.13. The van der Waals surface area contributed by atoms with E-state index in [1.807, 2.05) is 19.1 Å². The van der Waals surface area contributed by atoms with Crippen LogP contribution in [0.2, 0.25) is 0 Å². The Balaban J connectivity index is 1.91. The van der Waals surface area contributed by atoms with Gasteiger partial charge in [-0.3, -0.25) is 4.79 Å². The van der Waals surface area contributed by atoms with E-state index in [9.17, 15) is 4.79 Å². The van der Waals surface area contributed by atoms with Gasteiger partial charge in [0, 0.05) is 23.5 Å². The predicted octanol–water partition coefficient (Wildman–Crippen LogP) is 2.78. The maximum Gasteiger partial charge on any atom is 0.248 e. The van der Waals surface area contributed by atoms with Crippen molar-refractivity contribution in [1.82, 2.24) is 10.6 Å². The van der Waals surface area contributed by atoms with Crippen LogP contribution in [0.3, 0.4) is 0 Å². The summed E-state index contributed by atoms with van der Waals surface area (Å²) in [4.78, 5) is 17.3. The summed E-state index contributed by atoms with van der Waals surface area (Å²) in [6.45, 7) is 6.42. The third-order valence-electron chi connectivity index (χ3n) is 3.72. The van der Waals surface area contributed by atoms with E-state index in [0.29, 0.717) is 18.0 Å². The molecule has 0 aliphatic heterocycles. The van der Waals surface area contributed by atoms with Crippen LogP contribution in [0.4, 0.5) is 0 Å². The third-order valence-corrected chi connectivity index (χ3v) is 4.62. The van der Waals surface area contributed by atoms with E-state index < -0.39 is 5.91 Å². The van der Waals surface area contributed by atoms with Crippen LogP contribution < -0.4 is 16.4 Å². The van der Waals surface area contributed by atoms with Crippen LogP contribution in [0.25, 0.3) is 0 Å². The van der Waals surface area contributed by atoms with Gasteiger partial charge < -0.3 is 16.4 Å². The molecule has 1 aromatic carbocycles. The zero-order valence-electron chi connectivity index (χ0n) is 14.8. The van der Waals surface area contributed by atoms with Gasteiger partial charge in [0.2, 0.25) is 5.91 Å². The van der Waals surface area contributed by atoms with E-state index in [1.165, 1.54) is 4.88 Å². The van der Waals surface area contributed by atoms with Crippen molar-refractivity contribution in [3.63, 3.8) is 0 Å². The van der Waals surface area contributed by atoms with Crippen LogP contribution in [0.5, 0.6) is 0 Å². The van der Waals surface area contributed by atoms with E-state index in [0.717, 1.165) is 31.0 Å². The van der Waals surface area contributed by atoms with Crippen LogP contribution in [0.1, 0.15) is 34.6 Å². The van der Waals surface area contributed by atoms with Gasteiger partial charge in [-0.1, -0.05) is 25.1 Å². The van der Waals surface area contributed by atoms with Crippen LogP contribution in [-0.4, -0.2) is 25.0 Å². The number of carbonyl (C=O) groups is 1. The Morgan fingerprint density at radius 1 is 1.28 bits per heavy atom. The number of nitrogens with two attached hydrogens (primary N) is 1. The molecule has 4 N–H and O–H groups in total. The second kappa shape index (κ2) is 9.84. The molecule has 25 heavy (non-hydrogen) atoms. The number of thiophene rings is 1. The van der Waals surface area contributed by atoms with Gasteiger partial charge in [-0.05, 0) is 48.4 Å². The van der Waals surface area contributed by atoms with Crippen LogP contribution in [-0.2, 0) is 13.0 Å². The number of guanidine groups is 1. The monoisotopic (exact) mass is 358 g/mol. The topological polar surface area (TPSA) is 79.5 Å². The lowest BCUT2D eigenvalue weighted by Crippen LogP contribution is -2.39. The molecule has 0 bridgehead atoms. The average molecular weight is 359 g/mol. The molecule has 6 heteroatoms. The Morgan fingerprint density at radius 3 is 2.80 bits per heavy atom. The summed E-state index contributed by atoms with van der Waals surface area (Å²) in [5, 5.41) is 8.76. The van der Waals surface area contributed by atoms with Crippen molar-refractivity contribution in [2.75, 3.05) is 13.1 Å². The molecular formula is C19H26N4OS. The summed E-state index contributed by atoms with van der Waals surface area (Å²) in [5.41, 5.74) is 6.79. The first-order valence-electron chi connectivity index (χ1n) is 8.51. The lowest BCUT2D eigenvalue weighted by Gasteiger charge is -2.15. The third kappa shape index (κ3) is 6.58. The summed E-state index contributed by atoms with van der Waals surface area (Å²) in [7, 11) is 0. The van der Waals surface area contributed by atoms with Crippen LogP contribution >= 0.6 is 11.3 Å². The molecule has 0 aliphatic carbocycles. The molecule has 0 radical (unpaired) electrons. The second-order valence-electron chi connectivity index (χ2n) is 6.03. The second-order valence-corrected chi connectivity index (χ2v) is 7.06. The summed E-state index contributed by atoms with van der Waals surface area (Å²) in [6.07, 6.45) is 1.06. The molecule has 1 heterocycles. The number of carbonyl (C=O) groups excluding carboxylic acids is 1. The average Bonchev–Trinajstić information content (AvgIpc) is 3.10. The molecule has 2 rings (SSSR count). The minimum absolute atomic E-state index is 0.418. The first-order chi connectivity index (χ1) is 12.1. The Morgan fingerprint density at radius 2 is 2.12 bits per heavy atom. The summed E-state index contributed by atoms with van der Waals surface area (Å²) in [6, 6.07) is 11.5. The molecule has 0 saturated heterocycles. The van der Waals surface area contributed by atoms with Gasteiger partial charge >= 0.3 is 0 Å². The van der Waals surface area contributed by atoms with E-state index in [2.05, 4.69) is 40.1 Å². The zero-order valence-corrected chi connectivity index (χ0v) is 15.6. The molecule has 0 spiro atoms. The fourth-order valence-corrected chi connectivity index (χ4v) is 3.32. The van der Waals surface area contributed by atoms with Gasteiger partial charge in [-0.25, -0.2) is 4.99 Å². The van der Waals surface area contributed by atoms with Gasteiger partial charge in [-0.15, -0.1) is 11.3 Å². The first kappa shape index (κ1) is 19.0. The zero-order chi connectivity index (χ0) is 18.1. The quantitative estimate of drug-likeness (QED) is 0.501. The maximum atomic E-state index is 11.3. The van der Waals surface area contributed by atoms with Gasteiger partial charge in [0.1, 0.15) is 0 Å². The molecule has 1 amide bonds. The predicted molar refractivity (Wildman–Crippen MR) is 105 cm³/mol. The smallest absolute Gasteiger partial charge is 0.248 e. The normalized spacial score (nSPS) is 12.6. The number of amides is 1. The molecule has 2 aromatic rings. The van der Waals surface area contributed by atoms with Crippen LogP contribution in [0, 0.1) is 5.92 Å². The molecular weight excluding hydrogens is 332 g/mol. The molecule has 1 unspecified atom stereocenters. The van der Waals surface area contributed by atoms with Gasteiger partial charge in [0.15, 0.2) is 5.96 Å². The lowest BCUT2D eigenvalue weighted by atomic mass is 10.1. The molecule has 1 aromatic heterocycles. The minimum atomic E-state index is -0.418. The van der Waals surface area contributed by atoms with E-state index in [1.54, 1.807) is 23.5 Å². The number of nitrogens with zero attached hydrogens (tertiary/aromatic N) is 1. The number of rotatable bonds is 8. The Kier molecular flexibility index (Phi) is 7.47. The fourth-order valence-electron chi connectivity index (χ4n) is 2.45. The van der Waals surface area contributed by atoms with Crippen molar-refractivity contribution in [1.29, 1.82) is 0 Å². The number of nitrogens with one attached hydrogen (secondary N) is 2. The number of hydrogen-bond acceptors (Lipinski definition) is 3. The molecule has 1 atom stereocenters. The number of hydrogen-bond donors (Lipinski definition) is 3. The van der Waals surface area contributed by atoms with Crippen molar-refractivity contribution >= 4 is 23.2 Å². The van der Waals surface area contributed by atoms with E-state index in [-0.39, 0.29) is 0 Å². The van der Waals surface area contributed by atoms with Crippen LogP contribution in [0.15, 0.2) is 46.8 Å².